The molecule has 0 unspecified atom stereocenters. The summed E-state index contributed by atoms with van der Waals surface area (Å²) in [5, 5.41) is 3.00. The number of aromatic nitrogens is 2. The molecule has 0 saturated carbocycles. The van der Waals surface area contributed by atoms with Crippen molar-refractivity contribution in [1.82, 2.24) is 19.8 Å². The third-order valence-electron chi connectivity index (χ3n) is 3.88. The smallest absolute Gasteiger partial charge is 0.289 e. The van der Waals surface area contributed by atoms with Crippen molar-refractivity contribution in [3.63, 3.8) is 0 Å². The van der Waals surface area contributed by atoms with Crippen LogP contribution in [0.5, 0.6) is 0 Å². The second-order valence-corrected chi connectivity index (χ2v) is 5.52. The number of amides is 2. The third kappa shape index (κ3) is 3.85. The number of hydrogen-bond acceptors (Lipinski definition) is 6. The maximum absolute atomic E-state index is 12.5. The van der Waals surface area contributed by atoms with Gasteiger partial charge in [0.25, 0.3) is 11.8 Å². The maximum Gasteiger partial charge on any atom is 0.289 e. The number of rotatable bonds is 5. The van der Waals surface area contributed by atoms with Crippen molar-refractivity contribution in [3.05, 3.63) is 54.9 Å². The normalized spacial score (nSPS) is 14.2. The van der Waals surface area contributed by atoms with Gasteiger partial charge in [0.05, 0.1) is 18.7 Å². The highest BCUT2D eigenvalue weighted by molar-refractivity contribution is 5.93. The van der Waals surface area contributed by atoms with Crippen molar-refractivity contribution in [2.75, 3.05) is 38.0 Å². The molecule has 1 N–H and O–H groups in total. The maximum atomic E-state index is 12.5. The van der Waals surface area contributed by atoms with E-state index in [1.807, 2.05) is 0 Å². The fourth-order valence-corrected chi connectivity index (χ4v) is 2.54. The van der Waals surface area contributed by atoms with Crippen LogP contribution in [0, 0.1) is 0 Å². The lowest BCUT2D eigenvalue weighted by Crippen LogP contribution is -2.50. The van der Waals surface area contributed by atoms with Gasteiger partial charge in [-0.05, 0) is 12.1 Å². The van der Waals surface area contributed by atoms with Crippen LogP contribution in [0.4, 0.5) is 5.82 Å². The van der Waals surface area contributed by atoms with E-state index in [9.17, 15) is 9.59 Å². The molecular weight excluding hydrogens is 322 g/mol. The Morgan fingerprint density at radius 3 is 2.44 bits per heavy atom. The van der Waals surface area contributed by atoms with E-state index in [0.717, 1.165) is 0 Å². The van der Waals surface area contributed by atoms with Gasteiger partial charge in [0.1, 0.15) is 11.5 Å². The Labute approximate surface area is 145 Å². The van der Waals surface area contributed by atoms with Gasteiger partial charge in [0.15, 0.2) is 5.76 Å². The molecule has 8 nitrogen and oxygen atoms in total. The van der Waals surface area contributed by atoms with Gasteiger partial charge in [0, 0.05) is 32.7 Å². The van der Waals surface area contributed by atoms with E-state index < -0.39 is 0 Å². The number of nitrogens with zero attached hydrogens (tertiary/aromatic N) is 4. The zero-order chi connectivity index (χ0) is 17.6. The second-order valence-electron chi connectivity index (χ2n) is 5.52. The largest absolute Gasteiger partial charge is 0.459 e. The fourth-order valence-electron chi connectivity index (χ4n) is 2.54. The highest BCUT2D eigenvalue weighted by Crippen LogP contribution is 2.11. The van der Waals surface area contributed by atoms with E-state index in [1.165, 1.54) is 18.7 Å². The van der Waals surface area contributed by atoms with Crippen LogP contribution in [0.2, 0.25) is 0 Å². The quantitative estimate of drug-likeness (QED) is 0.824. The second kappa shape index (κ2) is 7.61. The van der Waals surface area contributed by atoms with Crippen LogP contribution in [-0.2, 0) is 0 Å². The molecular formula is C17H19N5O3. The average Bonchev–Trinajstić information content (AvgIpc) is 3.20. The first-order chi connectivity index (χ1) is 12.2. The van der Waals surface area contributed by atoms with Crippen LogP contribution >= 0.6 is 0 Å². The van der Waals surface area contributed by atoms with Crippen molar-refractivity contribution >= 4 is 17.6 Å². The molecule has 2 aromatic rings. The molecule has 2 aromatic heterocycles. The SMILES string of the molecule is C=CCNc1cnc(C(=O)N2CCN(C(=O)c3ccco3)CC2)cn1. The summed E-state index contributed by atoms with van der Waals surface area (Å²) >= 11 is 0. The Balaban J connectivity index is 1.56. The first kappa shape index (κ1) is 16.7. The monoisotopic (exact) mass is 341 g/mol. The summed E-state index contributed by atoms with van der Waals surface area (Å²) in [6, 6.07) is 3.32. The van der Waals surface area contributed by atoms with Gasteiger partial charge in [-0.15, -0.1) is 6.58 Å². The Morgan fingerprint density at radius 1 is 1.16 bits per heavy atom. The summed E-state index contributed by atoms with van der Waals surface area (Å²) in [6.07, 6.45) is 6.16. The van der Waals surface area contributed by atoms with E-state index in [2.05, 4.69) is 21.9 Å². The molecule has 8 heteroatoms. The molecule has 0 atom stereocenters. The van der Waals surface area contributed by atoms with Crippen LogP contribution in [0.15, 0.2) is 47.9 Å². The number of anilines is 1. The lowest BCUT2D eigenvalue weighted by atomic mass is 10.2. The minimum absolute atomic E-state index is 0.158. The molecule has 2 amide bonds. The molecule has 3 rings (SSSR count). The van der Waals surface area contributed by atoms with Crippen LogP contribution < -0.4 is 5.32 Å². The summed E-state index contributed by atoms with van der Waals surface area (Å²) in [5.41, 5.74) is 0.287. The average molecular weight is 341 g/mol. The van der Waals surface area contributed by atoms with Crippen LogP contribution in [-0.4, -0.2) is 64.3 Å². The lowest BCUT2D eigenvalue weighted by molar-refractivity contribution is 0.0515. The summed E-state index contributed by atoms with van der Waals surface area (Å²) in [6.45, 7) is 6.00. The summed E-state index contributed by atoms with van der Waals surface area (Å²) in [7, 11) is 0. The molecule has 0 spiro atoms. The van der Waals surface area contributed by atoms with Gasteiger partial charge < -0.3 is 19.5 Å². The summed E-state index contributed by atoms with van der Waals surface area (Å²) in [4.78, 5) is 36.4. The molecule has 130 valence electrons. The van der Waals surface area contributed by atoms with Crippen molar-refractivity contribution in [2.24, 2.45) is 0 Å². The number of carbonyl (C=O) groups excluding carboxylic acids is 2. The molecule has 0 bridgehead atoms. The summed E-state index contributed by atoms with van der Waals surface area (Å²) in [5.74, 6) is 0.556. The molecule has 1 aliphatic rings. The van der Waals surface area contributed by atoms with E-state index in [0.29, 0.717) is 44.3 Å². The Kier molecular flexibility index (Phi) is 5.08. The molecule has 0 aromatic carbocycles. The zero-order valence-corrected chi connectivity index (χ0v) is 13.7. The van der Waals surface area contributed by atoms with Gasteiger partial charge in [-0.25, -0.2) is 9.97 Å². The van der Waals surface area contributed by atoms with Crippen molar-refractivity contribution in [3.8, 4) is 0 Å². The predicted molar refractivity (Wildman–Crippen MR) is 91.2 cm³/mol. The molecule has 1 fully saturated rings. The van der Waals surface area contributed by atoms with E-state index in [-0.39, 0.29) is 17.5 Å². The zero-order valence-electron chi connectivity index (χ0n) is 13.7. The first-order valence-corrected chi connectivity index (χ1v) is 7.98. The highest BCUT2D eigenvalue weighted by Gasteiger charge is 2.27. The van der Waals surface area contributed by atoms with E-state index in [4.69, 9.17) is 4.42 Å². The molecule has 0 radical (unpaired) electrons. The molecule has 3 heterocycles. The van der Waals surface area contributed by atoms with Crippen molar-refractivity contribution < 1.29 is 14.0 Å². The fraction of sp³-hybridized carbons (Fsp3) is 0.294. The Morgan fingerprint density at radius 2 is 1.88 bits per heavy atom. The van der Waals surface area contributed by atoms with Crippen molar-refractivity contribution in [2.45, 2.75) is 0 Å². The van der Waals surface area contributed by atoms with Gasteiger partial charge in [-0.1, -0.05) is 6.08 Å². The number of piperazine rings is 1. The lowest BCUT2D eigenvalue weighted by Gasteiger charge is -2.34. The Bertz CT molecular complexity index is 734. The minimum Gasteiger partial charge on any atom is -0.459 e. The number of carbonyl (C=O) groups is 2. The number of furan rings is 1. The molecule has 0 aliphatic carbocycles. The number of hydrogen-bond donors (Lipinski definition) is 1. The van der Waals surface area contributed by atoms with E-state index >= 15 is 0 Å². The van der Waals surface area contributed by atoms with Crippen LogP contribution in [0.3, 0.4) is 0 Å². The number of nitrogens with one attached hydrogen (secondary N) is 1. The van der Waals surface area contributed by atoms with Crippen LogP contribution in [0.25, 0.3) is 0 Å². The van der Waals surface area contributed by atoms with Gasteiger partial charge in [-0.3, -0.25) is 9.59 Å². The molecule has 1 aliphatic heterocycles. The first-order valence-electron chi connectivity index (χ1n) is 7.98. The molecule has 1 saturated heterocycles. The van der Waals surface area contributed by atoms with Crippen LogP contribution in [0.1, 0.15) is 21.0 Å². The standard InChI is InChI=1S/C17H19N5O3/c1-2-5-18-15-12-19-13(11-20-15)16(23)21-6-8-22(9-7-21)17(24)14-4-3-10-25-14/h2-4,10-12H,1,5-9H2,(H,18,20). The van der Waals surface area contributed by atoms with Gasteiger partial charge in [-0.2, -0.15) is 0 Å². The minimum atomic E-state index is -0.187. The molecule has 25 heavy (non-hydrogen) atoms. The highest BCUT2D eigenvalue weighted by atomic mass is 16.3. The van der Waals surface area contributed by atoms with Gasteiger partial charge >= 0.3 is 0 Å². The Hall–Kier alpha value is -3.16. The predicted octanol–water partition coefficient (Wildman–Crippen LogP) is 1.27. The third-order valence-corrected chi connectivity index (χ3v) is 3.88. The van der Waals surface area contributed by atoms with Crippen molar-refractivity contribution in [1.29, 1.82) is 0 Å². The topological polar surface area (TPSA) is 91.6 Å². The van der Waals surface area contributed by atoms with Gasteiger partial charge in [0.2, 0.25) is 0 Å². The van der Waals surface area contributed by atoms with E-state index in [1.54, 1.807) is 28.0 Å². The summed E-state index contributed by atoms with van der Waals surface area (Å²) < 4.78 is 5.13.